The van der Waals surface area contributed by atoms with Crippen LogP contribution in [0.3, 0.4) is 0 Å². The van der Waals surface area contributed by atoms with E-state index in [-0.39, 0.29) is 64.6 Å². The van der Waals surface area contributed by atoms with Crippen molar-refractivity contribution in [2.24, 2.45) is 0 Å². The first-order valence-electron chi connectivity index (χ1n) is 12.7. The summed E-state index contributed by atoms with van der Waals surface area (Å²) < 4.78 is 5.08. The van der Waals surface area contributed by atoms with Gasteiger partial charge in [0.05, 0.1) is 19.2 Å². The Morgan fingerprint density at radius 3 is 1.48 bits per heavy atom. The third-order valence-electron chi connectivity index (χ3n) is 5.26. The molecule has 0 aliphatic carbocycles. The molecule has 8 heteroatoms. The maximum atomic E-state index is 11.8. The van der Waals surface area contributed by atoms with Crippen LogP contribution in [-0.2, 0) is 14.3 Å². The number of unbranched alkanes of at least 4 members (excludes halogenated alkanes) is 13. The minimum atomic E-state index is -1.27. The summed E-state index contributed by atoms with van der Waals surface area (Å²) in [5, 5.41) is 35.1. The number of carboxylic acids is 1. The molecule has 0 saturated heterocycles. The Balaban J connectivity index is -0.00000113. The molecule has 1 atom stereocenters. The Labute approximate surface area is 244 Å². The summed E-state index contributed by atoms with van der Waals surface area (Å²) in [7, 11) is 0. The Morgan fingerprint density at radius 1 is 0.727 bits per heavy atom. The van der Waals surface area contributed by atoms with Crippen LogP contribution in [0, 0.1) is 0 Å². The van der Waals surface area contributed by atoms with Crippen LogP contribution in [0.2, 0.25) is 0 Å². The van der Waals surface area contributed by atoms with Gasteiger partial charge in [0.2, 0.25) is 0 Å². The molecule has 0 aliphatic rings. The number of carbonyl (C=O) groups excluding carboxylic acids is 2. The van der Waals surface area contributed by atoms with Crippen molar-refractivity contribution < 1.29 is 86.1 Å². The van der Waals surface area contributed by atoms with Crippen molar-refractivity contribution in [3.63, 3.8) is 0 Å². The second kappa shape index (κ2) is 30.5. The van der Waals surface area contributed by atoms with E-state index >= 15 is 0 Å². The molecule has 0 aromatic rings. The van der Waals surface area contributed by atoms with E-state index in [1.54, 1.807) is 0 Å². The van der Waals surface area contributed by atoms with E-state index in [1.165, 1.54) is 51.4 Å². The molecule has 1 unspecified atom stereocenters. The number of ether oxygens (including phenoxy) is 1. The predicted molar refractivity (Wildman–Crippen MR) is 125 cm³/mol. The number of esters is 1. The minimum absolute atomic E-state index is 0. The van der Waals surface area contributed by atoms with Crippen LogP contribution in [-0.4, -0.2) is 52.7 Å². The number of aliphatic hydroxyl groups excluding tert-OH is 3. The Hall–Kier alpha value is 0.456. The van der Waals surface area contributed by atoms with Crippen molar-refractivity contribution >= 4 is 11.9 Å². The van der Waals surface area contributed by atoms with Crippen LogP contribution in [0.5, 0.6) is 0 Å². The van der Waals surface area contributed by atoms with Crippen molar-refractivity contribution in [1.29, 1.82) is 0 Å². The van der Waals surface area contributed by atoms with Crippen LogP contribution >= 0.6 is 0 Å². The van der Waals surface area contributed by atoms with Crippen molar-refractivity contribution in [1.82, 2.24) is 0 Å². The molecule has 0 bridgehead atoms. The molecule has 7 nitrogen and oxygen atoms in total. The molecule has 0 amide bonds. The monoisotopic (exact) mass is 500 g/mol. The molecular formula is C25H49KO7. The fraction of sp³-hybridized carbons (Fsp3) is 0.920. The van der Waals surface area contributed by atoms with E-state index in [0.29, 0.717) is 12.8 Å². The Kier molecular flexibility index (Phi) is 35.1. The first-order valence-corrected chi connectivity index (χ1v) is 12.7. The standard InChI is InChI=1S/C22H42O4.C3H8O3.K/c1-3-5-7-9-10-11-12-13-14-15-17-19-21(23)26-20(22(24)25)18-16-8-6-4-2;4-1-3(6)2-5;/h20H,3-19H2,1-2H3,(H,24,25);3-6H,1-2H2;/q;;+1/p-1. The second-order valence-corrected chi connectivity index (χ2v) is 8.45. The number of carboxylic acid groups (broad SMARTS) is 1. The predicted octanol–water partition coefficient (Wildman–Crippen LogP) is 0.656. The SMILES string of the molecule is CCCCCCCCCCCCCC(=O)OC(CCCCCC)C(=O)[O-].OCC(O)CO.[K+]. The summed E-state index contributed by atoms with van der Waals surface area (Å²) in [6.45, 7) is 3.61. The number of aliphatic carboxylic acids is 1. The third-order valence-corrected chi connectivity index (χ3v) is 5.26. The summed E-state index contributed by atoms with van der Waals surface area (Å²) >= 11 is 0. The van der Waals surface area contributed by atoms with E-state index in [9.17, 15) is 14.7 Å². The minimum Gasteiger partial charge on any atom is -0.546 e. The molecule has 0 radical (unpaired) electrons. The van der Waals surface area contributed by atoms with Crippen molar-refractivity contribution in [3.05, 3.63) is 0 Å². The quantitative estimate of drug-likeness (QED) is 0.120. The van der Waals surface area contributed by atoms with E-state index in [1.807, 2.05) is 0 Å². The smallest absolute Gasteiger partial charge is 0.546 e. The average Bonchev–Trinajstić information content (AvgIpc) is 2.79. The van der Waals surface area contributed by atoms with Crippen molar-refractivity contribution in [3.8, 4) is 0 Å². The molecule has 0 heterocycles. The van der Waals surface area contributed by atoms with Gasteiger partial charge in [0, 0.05) is 6.42 Å². The fourth-order valence-electron chi connectivity index (χ4n) is 3.19. The van der Waals surface area contributed by atoms with Gasteiger partial charge in [-0.05, 0) is 19.3 Å². The largest absolute Gasteiger partial charge is 1.00 e. The van der Waals surface area contributed by atoms with Crippen LogP contribution in [0.1, 0.15) is 123 Å². The van der Waals surface area contributed by atoms with Crippen LogP contribution in [0.4, 0.5) is 0 Å². The molecule has 192 valence electrons. The van der Waals surface area contributed by atoms with Gasteiger partial charge in [-0.2, -0.15) is 0 Å². The molecule has 3 N–H and O–H groups in total. The van der Waals surface area contributed by atoms with Crippen LogP contribution < -0.4 is 56.5 Å². The number of hydrogen-bond acceptors (Lipinski definition) is 7. The van der Waals surface area contributed by atoms with E-state index in [4.69, 9.17) is 20.1 Å². The molecule has 0 spiro atoms. The summed E-state index contributed by atoms with van der Waals surface area (Å²) in [4.78, 5) is 22.9. The molecule has 33 heavy (non-hydrogen) atoms. The van der Waals surface area contributed by atoms with Gasteiger partial charge in [0.15, 0.2) is 0 Å². The van der Waals surface area contributed by atoms with Gasteiger partial charge in [-0.15, -0.1) is 0 Å². The summed E-state index contributed by atoms with van der Waals surface area (Å²) in [5.41, 5.74) is 0. The molecular weight excluding hydrogens is 451 g/mol. The van der Waals surface area contributed by atoms with E-state index in [2.05, 4.69) is 13.8 Å². The van der Waals surface area contributed by atoms with Crippen molar-refractivity contribution in [2.45, 2.75) is 135 Å². The zero-order chi connectivity index (χ0) is 24.5. The number of carbonyl (C=O) groups is 2. The summed E-state index contributed by atoms with van der Waals surface area (Å²) in [6, 6.07) is 0. The molecule has 0 saturated carbocycles. The third kappa shape index (κ3) is 30.4. The summed E-state index contributed by atoms with van der Waals surface area (Å²) in [5.74, 6) is -1.67. The van der Waals surface area contributed by atoms with Gasteiger partial charge < -0.3 is 30.0 Å². The second-order valence-electron chi connectivity index (χ2n) is 8.45. The molecule has 0 fully saturated rings. The molecule has 0 aliphatic heterocycles. The average molecular weight is 501 g/mol. The molecule has 0 rings (SSSR count). The maximum Gasteiger partial charge on any atom is 1.00 e. The molecule has 0 aromatic heterocycles. The van der Waals surface area contributed by atoms with Crippen LogP contribution in [0.15, 0.2) is 0 Å². The summed E-state index contributed by atoms with van der Waals surface area (Å²) in [6.07, 6.45) is 16.0. The zero-order valence-electron chi connectivity index (χ0n) is 21.6. The first kappa shape index (κ1) is 38.0. The van der Waals surface area contributed by atoms with Gasteiger partial charge in [0.25, 0.3) is 0 Å². The van der Waals surface area contributed by atoms with Gasteiger partial charge in [0.1, 0.15) is 12.2 Å². The molecule has 0 aromatic carbocycles. The zero-order valence-corrected chi connectivity index (χ0v) is 24.7. The fourth-order valence-corrected chi connectivity index (χ4v) is 3.19. The first-order chi connectivity index (χ1) is 15.4. The van der Waals surface area contributed by atoms with Gasteiger partial charge in [-0.3, -0.25) is 4.79 Å². The normalized spacial score (nSPS) is 11.3. The van der Waals surface area contributed by atoms with E-state index < -0.39 is 24.1 Å². The number of hydrogen-bond donors (Lipinski definition) is 3. The number of aliphatic hydroxyl groups is 3. The van der Waals surface area contributed by atoms with Crippen molar-refractivity contribution in [2.75, 3.05) is 13.2 Å². The Bertz CT molecular complexity index is 418. The van der Waals surface area contributed by atoms with Gasteiger partial charge >= 0.3 is 57.4 Å². The maximum absolute atomic E-state index is 11.8. The van der Waals surface area contributed by atoms with E-state index in [0.717, 1.165) is 44.9 Å². The number of rotatable bonds is 21. The Morgan fingerprint density at radius 2 is 1.12 bits per heavy atom. The van der Waals surface area contributed by atoms with Gasteiger partial charge in [-0.1, -0.05) is 97.3 Å². The van der Waals surface area contributed by atoms with Gasteiger partial charge in [-0.25, -0.2) is 0 Å². The topological polar surface area (TPSA) is 127 Å². The van der Waals surface area contributed by atoms with Crippen LogP contribution in [0.25, 0.3) is 0 Å².